The minimum absolute atomic E-state index is 0.461. The average Bonchev–Trinajstić information content (AvgIpc) is 2.56. The Bertz CT molecular complexity index is 558. The van der Waals surface area contributed by atoms with Crippen molar-refractivity contribution in [2.45, 2.75) is 12.2 Å². The van der Waals surface area contributed by atoms with Gasteiger partial charge in [0.2, 0.25) is 0 Å². The van der Waals surface area contributed by atoms with Gasteiger partial charge >= 0.3 is 11.9 Å². The summed E-state index contributed by atoms with van der Waals surface area (Å²) in [5, 5.41) is 46.6. The standard InChI is InChI=1S/2C4H5N3.C4H6O6/c2*5-4-2-1-3-6-7-4;5-1(3(7)8)2(6)4(9)10/h2*1-3H,(H2,5,7);1-2,5-6H,(H,7,8)(H,9,10). The van der Waals surface area contributed by atoms with Crippen molar-refractivity contribution in [1.29, 1.82) is 0 Å². The number of hydrogen-bond donors (Lipinski definition) is 6. The molecule has 2 atom stereocenters. The van der Waals surface area contributed by atoms with Gasteiger partial charge < -0.3 is 31.9 Å². The van der Waals surface area contributed by atoms with E-state index in [4.69, 9.17) is 31.9 Å². The number of nitrogens with zero attached hydrogens (tertiary/aromatic N) is 4. The molecular formula is C12H16N6O6. The Morgan fingerprint density at radius 3 is 1.29 bits per heavy atom. The number of carboxylic acid groups (broad SMARTS) is 2. The van der Waals surface area contributed by atoms with Crippen molar-refractivity contribution in [3.63, 3.8) is 0 Å². The largest absolute Gasteiger partial charge is 0.479 e. The molecule has 0 radical (unpaired) electrons. The van der Waals surface area contributed by atoms with Crippen LogP contribution in [0.15, 0.2) is 36.7 Å². The van der Waals surface area contributed by atoms with Crippen molar-refractivity contribution in [2.24, 2.45) is 0 Å². The normalized spacial score (nSPS) is 11.6. The number of anilines is 2. The van der Waals surface area contributed by atoms with Gasteiger partial charge in [0.05, 0.1) is 0 Å². The molecule has 0 aliphatic carbocycles. The second-order valence-electron chi connectivity index (χ2n) is 3.86. The van der Waals surface area contributed by atoms with Crippen molar-refractivity contribution in [3.05, 3.63) is 36.7 Å². The van der Waals surface area contributed by atoms with Crippen LogP contribution in [0.4, 0.5) is 11.6 Å². The lowest BCUT2D eigenvalue weighted by Crippen LogP contribution is -2.39. The van der Waals surface area contributed by atoms with Gasteiger partial charge in [-0.25, -0.2) is 9.59 Å². The number of nitrogen functional groups attached to an aromatic ring is 2. The van der Waals surface area contributed by atoms with E-state index in [0.717, 1.165) is 0 Å². The SMILES string of the molecule is Nc1cccnn1.Nc1cccnn1.O=C(O)C(O)C(O)C(=O)O. The summed E-state index contributed by atoms with van der Waals surface area (Å²) in [7, 11) is 0. The fraction of sp³-hybridized carbons (Fsp3) is 0.167. The van der Waals surface area contributed by atoms with Crippen LogP contribution in [0.2, 0.25) is 0 Å². The van der Waals surface area contributed by atoms with Crippen molar-refractivity contribution in [1.82, 2.24) is 20.4 Å². The molecule has 0 aromatic carbocycles. The Kier molecular flexibility index (Phi) is 9.64. The van der Waals surface area contributed by atoms with E-state index in [9.17, 15) is 9.59 Å². The Hall–Kier alpha value is -3.38. The van der Waals surface area contributed by atoms with Crippen LogP contribution in [0, 0.1) is 0 Å². The molecule has 2 unspecified atom stereocenters. The fourth-order valence-corrected chi connectivity index (χ4v) is 0.897. The van der Waals surface area contributed by atoms with Gasteiger partial charge in [0.25, 0.3) is 0 Å². The van der Waals surface area contributed by atoms with Crippen molar-refractivity contribution >= 4 is 23.6 Å². The third kappa shape index (κ3) is 9.54. The number of aromatic nitrogens is 4. The second-order valence-corrected chi connectivity index (χ2v) is 3.86. The molecule has 8 N–H and O–H groups in total. The van der Waals surface area contributed by atoms with Crippen molar-refractivity contribution < 1.29 is 30.0 Å². The zero-order chi connectivity index (χ0) is 18.5. The molecule has 2 aromatic rings. The summed E-state index contributed by atoms with van der Waals surface area (Å²) in [5.74, 6) is -2.62. The number of aliphatic carboxylic acids is 2. The molecule has 2 rings (SSSR count). The molecule has 2 heterocycles. The maximum atomic E-state index is 9.77. The van der Waals surface area contributed by atoms with Crippen LogP contribution in [0.5, 0.6) is 0 Å². The number of aliphatic hydroxyl groups is 2. The Morgan fingerprint density at radius 1 is 0.833 bits per heavy atom. The first kappa shape index (κ1) is 20.6. The molecular weight excluding hydrogens is 324 g/mol. The molecule has 0 saturated carbocycles. The summed E-state index contributed by atoms with van der Waals surface area (Å²) < 4.78 is 0. The van der Waals surface area contributed by atoms with Gasteiger partial charge in [-0.3, -0.25) is 0 Å². The first-order valence-electron chi connectivity index (χ1n) is 6.13. The molecule has 0 fully saturated rings. The lowest BCUT2D eigenvalue weighted by atomic mass is 10.2. The third-order valence-electron chi connectivity index (χ3n) is 1.99. The molecule has 0 spiro atoms. The van der Waals surface area contributed by atoms with Gasteiger partial charge in [0.1, 0.15) is 11.6 Å². The van der Waals surface area contributed by atoms with Gasteiger partial charge in [-0.15, -0.1) is 10.2 Å². The Labute approximate surface area is 135 Å². The highest BCUT2D eigenvalue weighted by Gasteiger charge is 2.29. The van der Waals surface area contributed by atoms with Gasteiger partial charge in [0.15, 0.2) is 12.2 Å². The number of carbonyl (C=O) groups is 2. The predicted molar refractivity (Wildman–Crippen MR) is 80.2 cm³/mol. The maximum absolute atomic E-state index is 9.77. The molecule has 12 nitrogen and oxygen atoms in total. The highest BCUT2D eigenvalue weighted by atomic mass is 16.4. The van der Waals surface area contributed by atoms with E-state index < -0.39 is 24.1 Å². The summed E-state index contributed by atoms with van der Waals surface area (Å²) in [4.78, 5) is 19.5. The summed E-state index contributed by atoms with van der Waals surface area (Å²) in [5.41, 5.74) is 10.4. The summed E-state index contributed by atoms with van der Waals surface area (Å²) in [6.45, 7) is 0. The smallest absolute Gasteiger partial charge is 0.335 e. The number of carboxylic acids is 2. The van der Waals surface area contributed by atoms with E-state index in [1.165, 1.54) is 0 Å². The Morgan fingerprint density at radius 2 is 1.17 bits per heavy atom. The van der Waals surface area contributed by atoms with Crippen LogP contribution in [-0.4, -0.2) is 65.0 Å². The Balaban J connectivity index is 0.000000337. The topological polar surface area (TPSA) is 219 Å². The van der Waals surface area contributed by atoms with E-state index >= 15 is 0 Å². The van der Waals surface area contributed by atoms with E-state index in [1.54, 1.807) is 36.7 Å². The predicted octanol–water partition coefficient (Wildman–Crippen LogP) is -2.00. The van der Waals surface area contributed by atoms with Crippen LogP contribution in [0.1, 0.15) is 0 Å². The van der Waals surface area contributed by atoms with Crippen molar-refractivity contribution in [2.75, 3.05) is 11.5 Å². The molecule has 0 bridgehead atoms. The van der Waals surface area contributed by atoms with Gasteiger partial charge in [-0.1, -0.05) is 0 Å². The quantitative estimate of drug-likeness (QED) is 0.357. The summed E-state index contributed by atoms with van der Waals surface area (Å²) in [6.07, 6.45) is -1.37. The fourth-order valence-electron chi connectivity index (χ4n) is 0.897. The second kappa shape index (κ2) is 11.2. The molecule has 24 heavy (non-hydrogen) atoms. The zero-order valence-corrected chi connectivity index (χ0v) is 12.2. The van der Waals surface area contributed by atoms with E-state index in [-0.39, 0.29) is 0 Å². The van der Waals surface area contributed by atoms with Crippen LogP contribution in [0.3, 0.4) is 0 Å². The lowest BCUT2D eigenvalue weighted by molar-refractivity contribution is -0.165. The number of rotatable bonds is 3. The first-order chi connectivity index (χ1) is 11.3. The number of nitrogens with two attached hydrogens (primary N) is 2. The van der Waals surface area contributed by atoms with Gasteiger partial charge in [-0.05, 0) is 24.3 Å². The van der Waals surface area contributed by atoms with Gasteiger partial charge in [-0.2, -0.15) is 10.2 Å². The van der Waals surface area contributed by atoms with Crippen LogP contribution in [0.25, 0.3) is 0 Å². The molecule has 0 aliphatic rings. The van der Waals surface area contributed by atoms with E-state index in [0.29, 0.717) is 11.6 Å². The summed E-state index contributed by atoms with van der Waals surface area (Å²) >= 11 is 0. The van der Waals surface area contributed by atoms with Crippen molar-refractivity contribution in [3.8, 4) is 0 Å². The van der Waals surface area contributed by atoms with Crippen LogP contribution >= 0.6 is 0 Å². The minimum Gasteiger partial charge on any atom is -0.479 e. The highest BCUT2D eigenvalue weighted by molar-refractivity contribution is 5.83. The molecule has 130 valence electrons. The molecule has 0 aliphatic heterocycles. The molecule has 2 aromatic heterocycles. The van der Waals surface area contributed by atoms with E-state index in [2.05, 4.69) is 20.4 Å². The molecule has 12 heteroatoms. The molecule has 0 amide bonds. The summed E-state index contributed by atoms with van der Waals surface area (Å²) in [6, 6.07) is 6.85. The maximum Gasteiger partial charge on any atom is 0.335 e. The third-order valence-corrected chi connectivity index (χ3v) is 1.99. The highest BCUT2D eigenvalue weighted by Crippen LogP contribution is 1.92. The molecule has 0 saturated heterocycles. The van der Waals surface area contributed by atoms with Gasteiger partial charge in [0, 0.05) is 12.4 Å². The number of aliphatic hydroxyl groups excluding tert-OH is 2. The zero-order valence-electron chi connectivity index (χ0n) is 12.2. The monoisotopic (exact) mass is 340 g/mol. The van der Waals surface area contributed by atoms with Crippen LogP contribution < -0.4 is 11.5 Å². The van der Waals surface area contributed by atoms with E-state index in [1.807, 2.05) is 0 Å². The van der Waals surface area contributed by atoms with Crippen LogP contribution in [-0.2, 0) is 9.59 Å². The number of hydrogen-bond acceptors (Lipinski definition) is 10. The first-order valence-corrected chi connectivity index (χ1v) is 6.13. The lowest BCUT2D eigenvalue weighted by Gasteiger charge is -2.07. The minimum atomic E-state index is -2.27. The average molecular weight is 340 g/mol.